The molecule has 92 valence electrons. The molecule has 0 radical (unpaired) electrons. The van der Waals surface area contributed by atoms with E-state index in [-0.39, 0.29) is 5.60 Å². The van der Waals surface area contributed by atoms with Crippen molar-refractivity contribution < 1.29 is 9.15 Å². The van der Waals surface area contributed by atoms with E-state index in [4.69, 9.17) is 9.15 Å². The fraction of sp³-hybridized carbons (Fsp3) is 0.750. The summed E-state index contributed by atoms with van der Waals surface area (Å²) in [5, 5.41) is 3.10. The second-order valence-corrected chi connectivity index (χ2v) is 4.83. The van der Waals surface area contributed by atoms with E-state index in [2.05, 4.69) is 10.3 Å². The molecule has 1 heterocycles. The molecule has 1 aromatic heterocycles. The molecule has 16 heavy (non-hydrogen) atoms. The lowest BCUT2D eigenvalue weighted by Gasteiger charge is -2.18. The minimum Gasteiger partial charge on any atom is -0.443 e. The Morgan fingerprint density at radius 2 is 2.19 bits per heavy atom. The number of nitrogens with zero attached hydrogens (tertiary/aromatic N) is 1. The molecule has 0 saturated carbocycles. The predicted molar refractivity (Wildman–Crippen MR) is 63.3 cm³/mol. The Kier molecular flexibility index (Phi) is 4.96. The maximum absolute atomic E-state index is 5.61. The Bertz CT molecular complexity index is 302. The van der Waals surface area contributed by atoms with Crippen molar-refractivity contribution in [3.05, 3.63) is 17.8 Å². The average molecular weight is 226 g/mol. The van der Waals surface area contributed by atoms with E-state index in [1.807, 2.05) is 27.8 Å². The SMILES string of the molecule is CNCCCc1ncc(COC(C)(C)C)o1. The zero-order valence-electron chi connectivity index (χ0n) is 10.7. The van der Waals surface area contributed by atoms with Crippen LogP contribution in [-0.2, 0) is 17.8 Å². The van der Waals surface area contributed by atoms with Gasteiger partial charge in [-0.2, -0.15) is 0 Å². The van der Waals surface area contributed by atoms with Crippen LogP contribution in [-0.4, -0.2) is 24.2 Å². The van der Waals surface area contributed by atoms with E-state index in [0.717, 1.165) is 31.0 Å². The molecule has 1 N–H and O–H groups in total. The van der Waals surface area contributed by atoms with E-state index in [1.165, 1.54) is 0 Å². The Labute approximate surface area is 97.4 Å². The smallest absolute Gasteiger partial charge is 0.194 e. The molecule has 0 aliphatic carbocycles. The second kappa shape index (κ2) is 6.01. The maximum Gasteiger partial charge on any atom is 0.194 e. The highest BCUT2D eigenvalue weighted by Gasteiger charge is 2.12. The Hall–Kier alpha value is -0.870. The minimum atomic E-state index is -0.140. The number of nitrogens with one attached hydrogen (secondary N) is 1. The molecule has 0 aromatic carbocycles. The van der Waals surface area contributed by atoms with Gasteiger partial charge in [0.15, 0.2) is 5.89 Å². The summed E-state index contributed by atoms with van der Waals surface area (Å²) in [6, 6.07) is 0. The molecule has 0 spiro atoms. The maximum atomic E-state index is 5.61. The van der Waals surface area contributed by atoms with E-state index < -0.39 is 0 Å². The highest BCUT2D eigenvalue weighted by atomic mass is 16.5. The number of rotatable bonds is 6. The molecule has 0 fully saturated rings. The normalized spacial score (nSPS) is 12.0. The Balaban J connectivity index is 2.33. The highest BCUT2D eigenvalue weighted by Crippen LogP contribution is 2.13. The summed E-state index contributed by atoms with van der Waals surface area (Å²) in [5.74, 6) is 1.59. The summed E-state index contributed by atoms with van der Waals surface area (Å²) in [6.07, 6.45) is 3.66. The highest BCUT2D eigenvalue weighted by molar-refractivity contribution is 4.93. The van der Waals surface area contributed by atoms with Crippen LogP contribution >= 0.6 is 0 Å². The molecule has 0 unspecified atom stereocenters. The number of oxazole rings is 1. The first kappa shape index (κ1) is 13.2. The van der Waals surface area contributed by atoms with Gasteiger partial charge in [0.1, 0.15) is 12.4 Å². The van der Waals surface area contributed by atoms with Crippen molar-refractivity contribution in [1.82, 2.24) is 10.3 Å². The number of aryl methyl sites for hydroxylation is 1. The Morgan fingerprint density at radius 3 is 2.81 bits per heavy atom. The van der Waals surface area contributed by atoms with Crippen LogP contribution in [0.4, 0.5) is 0 Å². The van der Waals surface area contributed by atoms with Crippen LogP contribution in [0, 0.1) is 0 Å². The van der Waals surface area contributed by atoms with Crippen molar-refractivity contribution in [2.45, 2.75) is 45.8 Å². The molecular weight excluding hydrogens is 204 g/mol. The third-order valence-corrected chi connectivity index (χ3v) is 2.07. The molecule has 0 aliphatic heterocycles. The third kappa shape index (κ3) is 5.28. The predicted octanol–water partition coefficient (Wildman–Crippen LogP) is 2.14. The summed E-state index contributed by atoms with van der Waals surface area (Å²) < 4.78 is 11.2. The minimum absolute atomic E-state index is 0.140. The van der Waals surface area contributed by atoms with Gasteiger partial charge in [-0.05, 0) is 40.8 Å². The lowest BCUT2D eigenvalue weighted by Crippen LogP contribution is -2.18. The van der Waals surface area contributed by atoms with Crippen molar-refractivity contribution >= 4 is 0 Å². The van der Waals surface area contributed by atoms with Gasteiger partial charge < -0.3 is 14.5 Å². The first-order valence-corrected chi connectivity index (χ1v) is 5.73. The van der Waals surface area contributed by atoms with Crippen molar-refractivity contribution in [3.8, 4) is 0 Å². The quantitative estimate of drug-likeness (QED) is 0.755. The standard InChI is InChI=1S/C12H22N2O2/c1-12(2,3)15-9-10-8-14-11(16-10)6-5-7-13-4/h8,13H,5-7,9H2,1-4H3. The van der Waals surface area contributed by atoms with Gasteiger partial charge in [-0.3, -0.25) is 0 Å². The van der Waals surface area contributed by atoms with Gasteiger partial charge in [-0.1, -0.05) is 0 Å². The zero-order valence-corrected chi connectivity index (χ0v) is 10.7. The van der Waals surface area contributed by atoms with E-state index in [9.17, 15) is 0 Å². The molecule has 1 aromatic rings. The van der Waals surface area contributed by atoms with E-state index >= 15 is 0 Å². The van der Waals surface area contributed by atoms with Crippen LogP contribution in [0.25, 0.3) is 0 Å². The topological polar surface area (TPSA) is 47.3 Å². The monoisotopic (exact) mass is 226 g/mol. The first-order valence-electron chi connectivity index (χ1n) is 5.73. The Morgan fingerprint density at radius 1 is 1.44 bits per heavy atom. The fourth-order valence-electron chi connectivity index (χ4n) is 1.23. The van der Waals surface area contributed by atoms with Crippen molar-refractivity contribution in [3.63, 3.8) is 0 Å². The zero-order chi connectivity index (χ0) is 12.0. The van der Waals surface area contributed by atoms with E-state index in [1.54, 1.807) is 6.20 Å². The van der Waals surface area contributed by atoms with Crippen LogP contribution in [0.2, 0.25) is 0 Å². The lowest BCUT2D eigenvalue weighted by atomic mass is 10.2. The van der Waals surface area contributed by atoms with Gasteiger partial charge in [0.2, 0.25) is 0 Å². The van der Waals surface area contributed by atoms with E-state index in [0.29, 0.717) is 6.61 Å². The van der Waals surface area contributed by atoms with Crippen LogP contribution in [0.5, 0.6) is 0 Å². The van der Waals surface area contributed by atoms with Gasteiger partial charge in [0, 0.05) is 6.42 Å². The largest absolute Gasteiger partial charge is 0.443 e. The molecule has 0 saturated heterocycles. The van der Waals surface area contributed by atoms with Gasteiger partial charge in [-0.25, -0.2) is 4.98 Å². The number of hydrogen-bond donors (Lipinski definition) is 1. The summed E-state index contributed by atoms with van der Waals surface area (Å²) in [5.41, 5.74) is -0.140. The second-order valence-electron chi connectivity index (χ2n) is 4.83. The third-order valence-electron chi connectivity index (χ3n) is 2.07. The van der Waals surface area contributed by atoms with Crippen LogP contribution in [0.3, 0.4) is 0 Å². The number of ether oxygens (including phenoxy) is 1. The average Bonchev–Trinajstić information content (AvgIpc) is 2.62. The molecule has 0 aliphatic rings. The summed E-state index contributed by atoms with van der Waals surface area (Å²) in [7, 11) is 1.94. The molecule has 0 amide bonds. The lowest BCUT2D eigenvalue weighted by molar-refractivity contribution is -0.0227. The summed E-state index contributed by atoms with van der Waals surface area (Å²) in [6.45, 7) is 7.55. The van der Waals surface area contributed by atoms with Gasteiger partial charge in [0.05, 0.1) is 11.8 Å². The number of aromatic nitrogens is 1. The van der Waals surface area contributed by atoms with Crippen molar-refractivity contribution in [1.29, 1.82) is 0 Å². The first-order chi connectivity index (χ1) is 7.51. The van der Waals surface area contributed by atoms with Gasteiger partial charge >= 0.3 is 0 Å². The summed E-state index contributed by atoms with van der Waals surface area (Å²) in [4.78, 5) is 4.21. The van der Waals surface area contributed by atoms with Gasteiger partial charge in [-0.15, -0.1) is 0 Å². The van der Waals surface area contributed by atoms with Crippen molar-refractivity contribution in [2.24, 2.45) is 0 Å². The van der Waals surface area contributed by atoms with Crippen LogP contribution < -0.4 is 5.32 Å². The molecule has 1 rings (SSSR count). The molecule has 0 atom stereocenters. The van der Waals surface area contributed by atoms with Crippen LogP contribution in [0.15, 0.2) is 10.6 Å². The molecule has 0 bridgehead atoms. The van der Waals surface area contributed by atoms with Gasteiger partial charge in [0.25, 0.3) is 0 Å². The molecule has 4 heteroatoms. The summed E-state index contributed by atoms with van der Waals surface area (Å²) >= 11 is 0. The number of hydrogen-bond acceptors (Lipinski definition) is 4. The molecule has 4 nitrogen and oxygen atoms in total. The van der Waals surface area contributed by atoms with Crippen LogP contribution in [0.1, 0.15) is 38.8 Å². The molecular formula is C12H22N2O2. The van der Waals surface area contributed by atoms with Crippen molar-refractivity contribution in [2.75, 3.05) is 13.6 Å². The fourth-order valence-corrected chi connectivity index (χ4v) is 1.23.